The van der Waals surface area contributed by atoms with E-state index in [0.29, 0.717) is 11.3 Å². The van der Waals surface area contributed by atoms with Gasteiger partial charge in [0, 0.05) is 10.4 Å². The number of rotatable bonds is 5. The van der Waals surface area contributed by atoms with E-state index in [1.807, 2.05) is 17.5 Å². The first-order valence-electron chi connectivity index (χ1n) is 9.20. The molecule has 1 aliphatic rings. The Balaban J connectivity index is 1.85. The van der Waals surface area contributed by atoms with Crippen LogP contribution in [0.2, 0.25) is 0 Å². The van der Waals surface area contributed by atoms with Crippen LogP contribution in [0, 0.1) is 5.82 Å². The van der Waals surface area contributed by atoms with E-state index in [1.165, 1.54) is 40.5 Å². The lowest BCUT2D eigenvalue weighted by Crippen LogP contribution is -2.28. The highest BCUT2D eigenvalue weighted by molar-refractivity contribution is 7.09. The Morgan fingerprint density at radius 2 is 1.80 bits per heavy atom. The van der Waals surface area contributed by atoms with Gasteiger partial charge in [0.15, 0.2) is 0 Å². The fraction of sp³-hybridized carbons (Fsp3) is 0.130. The van der Waals surface area contributed by atoms with E-state index in [4.69, 9.17) is 4.74 Å². The van der Waals surface area contributed by atoms with Crippen molar-refractivity contribution in [1.82, 2.24) is 4.90 Å². The summed E-state index contributed by atoms with van der Waals surface area (Å²) in [5.41, 5.74) is 0.910. The largest absolute Gasteiger partial charge is 0.507 e. The zero-order valence-corrected chi connectivity index (χ0v) is 16.9. The van der Waals surface area contributed by atoms with Gasteiger partial charge in [0.2, 0.25) is 0 Å². The first-order valence-corrected chi connectivity index (χ1v) is 10.1. The molecule has 0 saturated carbocycles. The Labute approximate surface area is 176 Å². The van der Waals surface area contributed by atoms with E-state index >= 15 is 0 Å². The molecule has 2 aromatic carbocycles. The van der Waals surface area contributed by atoms with Crippen molar-refractivity contribution in [3.05, 3.63) is 93.4 Å². The highest BCUT2D eigenvalue weighted by atomic mass is 32.1. The van der Waals surface area contributed by atoms with Crippen molar-refractivity contribution < 1.29 is 23.8 Å². The van der Waals surface area contributed by atoms with Gasteiger partial charge in [-0.15, -0.1) is 11.3 Å². The highest BCUT2D eigenvalue weighted by Gasteiger charge is 2.46. The van der Waals surface area contributed by atoms with Crippen molar-refractivity contribution in [2.75, 3.05) is 7.11 Å². The summed E-state index contributed by atoms with van der Waals surface area (Å²) < 4.78 is 18.5. The quantitative estimate of drug-likeness (QED) is 0.372. The van der Waals surface area contributed by atoms with Gasteiger partial charge in [-0.25, -0.2) is 4.39 Å². The molecule has 4 rings (SSSR count). The normalized spacial score (nSPS) is 18.1. The van der Waals surface area contributed by atoms with Crippen molar-refractivity contribution in [3.63, 3.8) is 0 Å². The van der Waals surface area contributed by atoms with Gasteiger partial charge in [0.25, 0.3) is 11.7 Å². The molecular formula is C23H18FNO4S. The zero-order valence-electron chi connectivity index (χ0n) is 16.0. The average molecular weight is 423 g/mol. The molecule has 5 nitrogen and oxygen atoms in total. The number of aliphatic hydroxyl groups is 1. The number of hydrogen-bond donors (Lipinski definition) is 1. The number of amides is 1. The van der Waals surface area contributed by atoms with Crippen LogP contribution in [0.5, 0.6) is 5.75 Å². The molecule has 152 valence electrons. The van der Waals surface area contributed by atoms with Crippen LogP contribution in [0.3, 0.4) is 0 Å². The maximum atomic E-state index is 13.3. The molecule has 1 aromatic heterocycles. The van der Waals surface area contributed by atoms with Crippen molar-refractivity contribution in [2.24, 2.45) is 0 Å². The average Bonchev–Trinajstić information content (AvgIpc) is 3.36. The Bertz CT molecular complexity index is 1110. The second kappa shape index (κ2) is 8.12. The minimum atomic E-state index is -0.775. The van der Waals surface area contributed by atoms with Crippen LogP contribution in [0.1, 0.15) is 22.0 Å². The second-order valence-electron chi connectivity index (χ2n) is 6.79. The summed E-state index contributed by atoms with van der Waals surface area (Å²) in [6, 6.07) is 15.1. The van der Waals surface area contributed by atoms with Crippen molar-refractivity contribution in [2.45, 2.75) is 12.6 Å². The molecule has 30 heavy (non-hydrogen) atoms. The smallest absolute Gasteiger partial charge is 0.295 e. The minimum absolute atomic E-state index is 0.0201. The monoisotopic (exact) mass is 423 g/mol. The number of hydrogen-bond acceptors (Lipinski definition) is 5. The lowest BCUT2D eigenvalue weighted by molar-refractivity contribution is -0.140. The van der Waals surface area contributed by atoms with Crippen LogP contribution < -0.4 is 4.74 Å². The van der Waals surface area contributed by atoms with Crippen LogP contribution in [0.25, 0.3) is 5.76 Å². The summed E-state index contributed by atoms with van der Waals surface area (Å²) in [5, 5.41) is 12.8. The summed E-state index contributed by atoms with van der Waals surface area (Å²) in [4.78, 5) is 28.2. The number of carbonyl (C=O) groups is 2. The van der Waals surface area contributed by atoms with Crippen LogP contribution >= 0.6 is 11.3 Å². The Kier molecular flexibility index (Phi) is 5.37. The molecule has 1 saturated heterocycles. The third kappa shape index (κ3) is 3.59. The Morgan fingerprint density at radius 3 is 2.40 bits per heavy atom. The van der Waals surface area contributed by atoms with E-state index in [9.17, 15) is 19.1 Å². The molecule has 0 radical (unpaired) electrons. The summed E-state index contributed by atoms with van der Waals surface area (Å²) >= 11 is 1.48. The van der Waals surface area contributed by atoms with E-state index < -0.39 is 23.5 Å². The first-order chi connectivity index (χ1) is 14.5. The van der Waals surface area contributed by atoms with Gasteiger partial charge in [-0.3, -0.25) is 9.59 Å². The summed E-state index contributed by atoms with van der Waals surface area (Å²) in [7, 11) is 1.55. The maximum Gasteiger partial charge on any atom is 0.295 e. The van der Waals surface area contributed by atoms with Crippen molar-refractivity contribution in [1.29, 1.82) is 0 Å². The molecule has 1 atom stereocenters. The third-order valence-electron chi connectivity index (χ3n) is 5.00. The molecule has 1 amide bonds. The number of likely N-dealkylation sites (tertiary alicyclic amines) is 1. The number of carbonyl (C=O) groups excluding carboxylic acids is 2. The maximum absolute atomic E-state index is 13.3. The van der Waals surface area contributed by atoms with E-state index in [0.717, 1.165) is 4.88 Å². The van der Waals surface area contributed by atoms with Gasteiger partial charge in [-0.05, 0) is 53.4 Å². The second-order valence-corrected chi connectivity index (χ2v) is 7.82. The van der Waals surface area contributed by atoms with Gasteiger partial charge in [0.1, 0.15) is 17.3 Å². The van der Waals surface area contributed by atoms with E-state index in [1.54, 1.807) is 31.4 Å². The summed E-state index contributed by atoms with van der Waals surface area (Å²) in [5.74, 6) is -1.62. The lowest BCUT2D eigenvalue weighted by Gasteiger charge is -2.25. The molecule has 1 aliphatic heterocycles. The van der Waals surface area contributed by atoms with Gasteiger partial charge in [-0.1, -0.05) is 18.2 Å². The standard InChI is InChI=1S/C23H18FNO4S/c1-29-17-10-6-14(7-11-17)20-19(21(26)15-4-8-16(24)9-5-15)22(27)23(28)25(20)13-18-3-2-12-30-18/h2-12,20,26H,13H2,1H3/b21-19-. The number of methoxy groups -OCH3 is 1. The van der Waals surface area contributed by atoms with E-state index in [2.05, 4.69) is 0 Å². The van der Waals surface area contributed by atoms with Crippen LogP contribution in [-0.2, 0) is 16.1 Å². The van der Waals surface area contributed by atoms with Gasteiger partial charge in [0.05, 0.1) is 25.3 Å². The number of Topliss-reactive ketones (excluding diaryl/α,β-unsaturated/α-hetero) is 1. The predicted molar refractivity (Wildman–Crippen MR) is 112 cm³/mol. The van der Waals surface area contributed by atoms with Crippen molar-refractivity contribution in [3.8, 4) is 5.75 Å². The molecule has 1 fully saturated rings. The SMILES string of the molecule is COc1ccc(C2/C(=C(/O)c3ccc(F)cc3)C(=O)C(=O)N2Cc2cccs2)cc1. The molecule has 0 spiro atoms. The summed E-state index contributed by atoms with van der Waals surface area (Å²) in [6.45, 7) is 0.235. The lowest BCUT2D eigenvalue weighted by atomic mass is 9.95. The molecule has 1 N–H and O–H groups in total. The molecule has 1 unspecified atom stereocenters. The zero-order chi connectivity index (χ0) is 21.3. The predicted octanol–water partition coefficient (Wildman–Crippen LogP) is 4.52. The number of thiophene rings is 1. The van der Waals surface area contributed by atoms with Crippen LogP contribution in [0.4, 0.5) is 4.39 Å². The highest BCUT2D eigenvalue weighted by Crippen LogP contribution is 2.41. The van der Waals surface area contributed by atoms with Gasteiger partial charge in [-0.2, -0.15) is 0 Å². The number of aliphatic hydroxyl groups excluding tert-OH is 1. The number of halogens is 1. The number of ether oxygens (including phenoxy) is 1. The molecular weight excluding hydrogens is 405 g/mol. The Morgan fingerprint density at radius 1 is 1.10 bits per heavy atom. The first kappa shape index (κ1) is 19.8. The molecule has 2 heterocycles. The fourth-order valence-electron chi connectivity index (χ4n) is 3.51. The van der Waals surface area contributed by atoms with E-state index in [-0.39, 0.29) is 23.4 Å². The number of ketones is 1. The molecule has 0 bridgehead atoms. The number of benzene rings is 2. The molecule has 3 aromatic rings. The minimum Gasteiger partial charge on any atom is -0.507 e. The number of nitrogens with zero attached hydrogens (tertiary/aromatic N) is 1. The molecule has 0 aliphatic carbocycles. The third-order valence-corrected chi connectivity index (χ3v) is 5.86. The van der Waals surface area contributed by atoms with Crippen LogP contribution in [0.15, 0.2) is 71.6 Å². The van der Waals surface area contributed by atoms with Crippen LogP contribution in [-0.4, -0.2) is 28.8 Å². The fourth-order valence-corrected chi connectivity index (χ4v) is 4.21. The van der Waals surface area contributed by atoms with Gasteiger partial charge >= 0.3 is 0 Å². The Hall–Kier alpha value is -3.45. The van der Waals surface area contributed by atoms with Crippen molar-refractivity contribution >= 4 is 28.8 Å². The van der Waals surface area contributed by atoms with Gasteiger partial charge < -0.3 is 14.7 Å². The molecule has 7 heteroatoms. The topological polar surface area (TPSA) is 66.8 Å². The summed E-state index contributed by atoms with van der Waals surface area (Å²) in [6.07, 6.45) is 0.